The van der Waals surface area contributed by atoms with Crippen LogP contribution >= 0.6 is 23.1 Å². The lowest BCUT2D eigenvalue weighted by Crippen LogP contribution is -2.23. The van der Waals surface area contributed by atoms with Gasteiger partial charge in [-0.1, -0.05) is 43.8 Å². The number of hydrogen-bond donors (Lipinski definition) is 1. The molecule has 3 aromatic heterocycles. The quantitative estimate of drug-likeness (QED) is 0.415. The van der Waals surface area contributed by atoms with Gasteiger partial charge in [0.15, 0.2) is 5.16 Å². The minimum atomic E-state index is -0.103. The smallest absolute Gasteiger partial charge is 0.272 e. The van der Waals surface area contributed by atoms with Crippen LogP contribution in [0.4, 0.5) is 5.69 Å². The number of benzene rings is 1. The fraction of sp³-hybridized carbons (Fsp3) is 0.364. The second-order valence-electron chi connectivity index (χ2n) is 8.00. The van der Waals surface area contributed by atoms with E-state index in [1.165, 1.54) is 23.1 Å². The molecule has 162 valence electrons. The second kappa shape index (κ2) is 8.84. The van der Waals surface area contributed by atoms with Gasteiger partial charge in [0.25, 0.3) is 5.56 Å². The van der Waals surface area contributed by atoms with Crippen LogP contribution in [0.25, 0.3) is 16.0 Å². The normalized spacial score (nSPS) is 11.6. The number of fused-ring (bicyclic) bond motifs is 3. The van der Waals surface area contributed by atoms with Crippen molar-refractivity contribution in [2.45, 2.75) is 45.8 Å². The van der Waals surface area contributed by atoms with E-state index in [4.69, 9.17) is 0 Å². The summed E-state index contributed by atoms with van der Waals surface area (Å²) in [5, 5.41) is 14.1. The fourth-order valence-corrected chi connectivity index (χ4v) is 5.06. The number of nitrogens with zero attached hydrogens (tertiary/aromatic N) is 4. The first kappa shape index (κ1) is 21.6. The van der Waals surface area contributed by atoms with Crippen LogP contribution in [0.1, 0.15) is 31.4 Å². The summed E-state index contributed by atoms with van der Waals surface area (Å²) in [6.07, 6.45) is 0.875. The Morgan fingerprint density at radius 1 is 1.19 bits per heavy atom. The van der Waals surface area contributed by atoms with E-state index in [9.17, 15) is 9.59 Å². The minimum absolute atomic E-state index is 0.0325. The van der Waals surface area contributed by atoms with Gasteiger partial charge in [0.2, 0.25) is 11.7 Å². The molecule has 9 heteroatoms. The van der Waals surface area contributed by atoms with Crippen molar-refractivity contribution in [3.8, 4) is 0 Å². The molecule has 0 saturated carbocycles. The fourth-order valence-electron chi connectivity index (χ4n) is 3.50. The molecule has 0 aliphatic carbocycles. The first-order chi connectivity index (χ1) is 14.9. The van der Waals surface area contributed by atoms with Crippen LogP contribution in [0, 0.1) is 19.8 Å². The van der Waals surface area contributed by atoms with Gasteiger partial charge in [-0.2, -0.15) is 0 Å². The van der Waals surface area contributed by atoms with Crippen molar-refractivity contribution in [3.05, 3.63) is 51.1 Å². The molecule has 4 aromatic rings. The molecule has 3 heterocycles. The van der Waals surface area contributed by atoms with E-state index in [0.717, 1.165) is 28.8 Å². The van der Waals surface area contributed by atoms with Crippen molar-refractivity contribution in [2.75, 3.05) is 11.1 Å². The zero-order valence-corrected chi connectivity index (χ0v) is 19.6. The van der Waals surface area contributed by atoms with Gasteiger partial charge in [0, 0.05) is 12.2 Å². The van der Waals surface area contributed by atoms with Crippen LogP contribution in [0.2, 0.25) is 0 Å². The van der Waals surface area contributed by atoms with E-state index in [1.54, 1.807) is 4.57 Å². The summed E-state index contributed by atoms with van der Waals surface area (Å²) in [4.78, 5) is 25.6. The number of para-hydroxylation sites is 1. The molecule has 7 nitrogen and oxygen atoms in total. The summed E-state index contributed by atoms with van der Waals surface area (Å²) in [5.74, 6) is 1.09. The van der Waals surface area contributed by atoms with Crippen molar-refractivity contribution in [3.63, 3.8) is 0 Å². The van der Waals surface area contributed by atoms with Gasteiger partial charge in [-0.05, 0) is 48.8 Å². The van der Waals surface area contributed by atoms with Crippen molar-refractivity contribution < 1.29 is 4.79 Å². The summed E-state index contributed by atoms with van der Waals surface area (Å²) in [6.45, 7) is 8.80. The Kier molecular flexibility index (Phi) is 6.15. The predicted octanol–water partition coefficient (Wildman–Crippen LogP) is 4.50. The lowest BCUT2D eigenvalue weighted by Gasteiger charge is -2.12. The van der Waals surface area contributed by atoms with E-state index >= 15 is 0 Å². The Morgan fingerprint density at radius 3 is 2.65 bits per heavy atom. The molecule has 0 bridgehead atoms. The van der Waals surface area contributed by atoms with Gasteiger partial charge < -0.3 is 5.32 Å². The van der Waals surface area contributed by atoms with Gasteiger partial charge in [0.05, 0.1) is 11.3 Å². The Hall–Kier alpha value is -2.65. The number of amides is 1. The molecule has 0 aliphatic heterocycles. The molecule has 0 saturated heterocycles. The lowest BCUT2D eigenvalue weighted by molar-refractivity contribution is -0.113. The standard InChI is InChI=1S/C22H25N5O2S2/c1-13(2)8-10-26-20(29)19-16(9-11-30-19)27-21(26)24-25-22(27)31-12-17(28)23-18-14(3)6-5-7-15(18)4/h5-7,9,11,13H,8,10,12H2,1-4H3,(H,23,28). The number of thioether (sulfide) groups is 1. The van der Waals surface area contributed by atoms with Crippen LogP contribution in [0.15, 0.2) is 39.6 Å². The van der Waals surface area contributed by atoms with Crippen LogP contribution in [0.3, 0.4) is 0 Å². The molecule has 1 N–H and O–H groups in total. The van der Waals surface area contributed by atoms with Crippen molar-refractivity contribution >= 4 is 50.7 Å². The van der Waals surface area contributed by atoms with Crippen molar-refractivity contribution in [2.24, 2.45) is 5.92 Å². The first-order valence-electron chi connectivity index (χ1n) is 10.2. The van der Waals surface area contributed by atoms with E-state index in [1.807, 2.05) is 47.9 Å². The van der Waals surface area contributed by atoms with Gasteiger partial charge in [-0.3, -0.25) is 18.6 Å². The highest BCUT2D eigenvalue weighted by Gasteiger charge is 2.19. The third-order valence-corrected chi connectivity index (χ3v) is 7.01. The number of thiophene rings is 1. The number of nitrogens with one attached hydrogen (secondary N) is 1. The van der Waals surface area contributed by atoms with Gasteiger partial charge in [-0.25, -0.2) is 0 Å². The van der Waals surface area contributed by atoms with Gasteiger partial charge in [-0.15, -0.1) is 21.5 Å². The second-order valence-corrected chi connectivity index (χ2v) is 9.85. The van der Waals surface area contributed by atoms with Crippen LogP contribution in [-0.4, -0.2) is 30.8 Å². The third kappa shape index (κ3) is 4.24. The summed E-state index contributed by atoms with van der Waals surface area (Å²) < 4.78 is 4.27. The average molecular weight is 456 g/mol. The van der Waals surface area contributed by atoms with Crippen molar-refractivity contribution in [1.82, 2.24) is 19.2 Å². The van der Waals surface area contributed by atoms with Gasteiger partial charge >= 0.3 is 0 Å². The van der Waals surface area contributed by atoms with E-state index in [2.05, 4.69) is 29.4 Å². The summed E-state index contributed by atoms with van der Waals surface area (Å²) in [5.41, 5.74) is 3.66. The summed E-state index contributed by atoms with van der Waals surface area (Å²) in [7, 11) is 0. The highest BCUT2D eigenvalue weighted by Crippen LogP contribution is 2.25. The number of aromatic nitrogens is 4. The summed E-state index contributed by atoms with van der Waals surface area (Å²) >= 11 is 2.74. The Labute approximate surface area is 188 Å². The highest BCUT2D eigenvalue weighted by atomic mass is 32.2. The number of carbonyl (C=O) groups is 1. The first-order valence-corrected chi connectivity index (χ1v) is 12.1. The highest BCUT2D eigenvalue weighted by molar-refractivity contribution is 7.99. The molecule has 0 spiro atoms. The SMILES string of the molecule is Cc1cccc(C)c1NC(=O)CSc1nnc2n(CCC(C)C)c(=O)c3sccc3n12. The number of hydrogen-bond acceptors (Lipinski definition) is 6. The molecule has 0 aliphatic rings. The molecule has 0 unspecified atom stereocenters. The molecule has 0 atom stereocenters. The third-order valence-electron chi connectivity index (χ3n) is 5.19. The van der Waals surface area contributed by atoms with Crippen LogP contribution in [-0.2, 0) is 11.3 Å². The minimum Gasteiger partial charge on any atom is -0.325 e. The van der Waals surface area contributed by atoms with Crippen molar-refractivity contribution in [1.29, 1.82) is 0 Å². The Bertz CT molecular complexity index is 1300. The van der Waals surface area contributed by atoms with E-state index in [0.29, 0.717) is 28.1 Å². The van der Waals surface area contributed by atoms with Crippen LogP contribution in [0.5, 0.6) is 0 Å². The van der Waals surface area contributed by atoms with Crippen LogP contribution < -0.4 is 10.9 Å². The maximum absolute atomic E-state index is 13.0. The lowest BCUT2D eigenvalue weighted by atomic mass is 10.1. The number of anilines is 1. The molecular weight excluding hydrogens is 430 g/mol. The van der Waals surface area contributed by atoms with E-state index in [-0.39, 0.29) is 17.2 Å². The molecule has 31 heavy (non-hydrogen) atoms. The monoisotopic (exact) mass is 455 g/mol. The number of rotatable bonds is 7. The number of carbonyl (C=O) groups excluding carboxylic acids is 1. The van der Waals surface area contributed by atoms with Gasteiger partial charge in [0.1, 0.15) is 4.70 Å². The molecule has 1 aromatic carbocycles. The zero-order chi connectivity index (χ0) is 22.1. The zero-order valence-electron chi connectivity index (χ0n) is 18.0. The maximum atomic E-state index is 13.0. The van der Waals surface area contributed by atoms with E-state index < -0.39 is 0 Å². The maximum Gasteiger partial charge on any atom is 0.272 e. The Balaban J connectivity index is 1.63. The number of aryl methyl sites for hydroxylation is 3. The predicted molar refractivity (Wildman–Crippen MR) is 127 cm³/mol. The molecular formula is C22H25N5O2S2. The largest absolute Gasteiger partial charge is 0.325 e. The molecule has 4 rings (SSSR count). The molecule has 0 radical (unpaired) electrons. The molecule has 1 amide bonds. The molecule has 0 fully saturated rings. The summed E-state index contributed by atoms with van der Waals surface area (Å²) in [6, 6.07) is 7.84. The topological polar surface area (TPSA) is 81.3 Å². The average Bonchev–Trinajstić information content (AvgIpc) is 3.36. The Morgan fingerprint density at radius 2 is 1.94 bits per heavy atom.